The van der Waals surface area contributed by atoms with Crippen molar-refractivity contribution in [1.82, 2.24) is 0 Å². The van der Waals surface area contributed by atoms with Crippen molar-refractivity contribution in [2.24, 2.45) is 0 Å². The molecule has 0 aliphatic rings. The molecule has 1 aromatic carbocycles. The first-order valence-electron chi connectivity index (χ1n) is 4.78. The normalized spacial score (nSPS) is 14.4. The van der Waals surface area contributed by atoms with E-state index in [0.717, 1.165) is 10.5 Å². The van der Waals surface area contributed by atoms with E-state index in [9.17, 15) is 9.90 Å². The molecular weight excluding hydrogens is 226 g/mol. The van der Waals surface area contributed by atoms with Gasteiger partial charge in [-0.25, -0.2) is 4.79 Å². The van der Waals surface area contributed by atoms with Gasteiger partial charge in [-0.05, 0) is 25.5 Å². The highest BCUT2D eigenvalue weighted by atomic mass is 32.2. The van der Waals surface area contributed by atoms with E-state index in [0.29, 0.717) is 5.69 Å². The Morgan fingerprint density at radius 3 is 2.75 bits per heavy atom. The summed E-state index contributed by atoms with van der Waals surface area (Å²) in [5, 5.41) is 18.3. The topological polar surface area (TPSA) is 83.5 Å². The van der Waals surface area contributed by atoms with E-state index in [4.69, 9.17) is 10.8 Å². The van der Waals surface area contributed by atoms with Crippen molar-refractivity contribution in [3.8, 4) is 0 Å². The second-order valence-electron chi connectivity index (χ2n) is 3.85. The minimum absolute atomic E-state index is 0.0655. The first-order chi connectivity index (χ1) is 7.34. The lowest BCUT2D eigenvalue weighted by atomic mass is 10.1. The third-order valence-corrected chi connectivity index (χ3v) is 3.63. The number of hydrogen-bond acceptors (Lipinski definition) is 4. The van der Waals surface area contributed by atoms with Crippen molar-refractivity contribution in [3.05, 3.63) is 23.8 Å². The van der Waals surface area contributed by atoms with Gasteiger partial charge in [0.05, 0.1) is 0 Å². The van der Waals surface area contributed by atoms with Crippen LogP contribution in [0, 0.1) is 6.92 Å². The number of carbonyl (C=O) groups is 1. The molecule has 16 heavy (non-hydrogen) atoms. The fraction of sp³-hybridized carbons (Fsp3) is 0.364. The summed E-state index contributed by atoms with van der Waals surface area (Å²) >= 11 is 1.24. The van der Waals surface area contributed by atoms with Crippen LogP contribution in [0.1, 0.15) is 12.5 Å². The van der Waals surface area contributed by atoms with Crippen molar-refractivity contribution < 1.29 is 15.0 Å². The van der Waals surface area contributed by atoms with Crippen molar-refractivity contribution >= 4 is 23.4 Å². The zero-order chi connectivity index (χ0) is 12.3. The summed E-state index contributed by atoms with van der Waals surface area (Å²) in [4.78, 5) is 11.5. The molecule has 0 amide bonds. The molecule has 0 fully saturated rings. The highest BCUT2D eigenvalue weighted by Crippen LogP contribution is 2.29. The summed E-state index contributed by atoms with van der Waals surface area (Å²) in [6.07, 6.45) is 0. The minimum Gasteiger partial charge on any atom is -0.479 e. The van der Waals surface area contributed by atoms with Gasteiger partial charge in [0.1, 0.15) is 0 Å². The maximum absolute atomic E-state index is 10.7. The van der Waals surface area contributed by atoms with Crippen molar-refractivity contribution in [1.29, 1.82) is 0 Å². The lowest BCUT2D eigenvalue weighted by Gasteiger charge is -2.17. The number of aryl methyl sites for hydroxylation is 1. The van der Waals surface area contributed by atoms with E-state index >= 15 is 0 Å². The Morgan fingerprint density at radius 2 is 2.19 bits per heavy atom. The third kappa shape index (κ3) is 2.90. The van der Waals surface area contributed by atoms with E-state index in [1.807, 2.05) is 25.1 Å². The first kappa shape index (κ1) is 12.9. The number of anilines is 1. The maximum Gasteiger partial charge on any atom is 0.336 e. The summed E-state index contributed by atoms with van der Waals surface area (Å²) in [5.74, 6) is -1.16. The van der Waals surface area contributed by atoms with Gasteiger partial charge in [0.25, 0.3) is 0 Å². The number of thioether (sulfide) groups is 1. The van der Waals surface area contributed by atoms with E-state index in [2.05, 4.69) is 0 Å². The van der Waals surface area contributed by atoms with Crippen molar-refractivity contribution in [3.63, 3.8) is 0 Å². The van der Waals surface area contributed by atoms with Gasteiger partial charge in [0.15, 0.2) is 5.60 Å². The second kappa shape index (κ2) is 4.76. The van der Waals surface area contributed by atoms with Crippen LogP contribution in [0.5, 0.6) is 0 Å². The number of nitrogens with two attached hydrogens (primary N) is 1. The number of aliphatic carboxylic acids is 1. The number of benzene rings is 1. The van der Waals surface area contributed by atoms with Crippen molar-refractivity contribution in [2.75, 3.05) is 11.5 Å². The van der Waals surface area contributed by atoms with Gasteiger partial charge in [-0.1, -0.05) is 12.1 Å². The standard InChI is InChI=1S/C11H15NO3S/c1-7-4-3-5-8(9(7)12)16-6-11(2,15)10(13)14/h3-5,15H,6,12H2,1-2H3,(H,13,14). The quantitative estimate of drug-likeness (QED) is 0.549. The van der Waals surface area contributed by atoms with Gasteiger partial charge in [0.2, 0.25) is 0 Å². The molecule has 4 nitrogen and oxygen atoms in total. The predicted molar refractivity (Wildman–Crippen MR) is 64.6 cm³/mol. The molecular formula is C11H15NO3S. The van der Waals surface area contributed by atoms with Crippen molar-refractivity contribution in [2.45, 2.75) is 24.3 Å². The van der Waals surface area contributed by atoms with Crippen LogP contribution in [-0.2, 0) is 4.79 Å². The Hall–Kier alpha value is -1.20. The molecule has 0 heterocycles. The van der Waals surface area contributed by atoms with E-state index in [-0.39, 0.29) is 5.75 Å². The van der Waals surface area contributed by atoms with Crippen LogP contribution >= 0.6 is 11.8 Å². The van der Waals surface area contributed by atoms with Gasteiger partial charge < -0.3 is 15.9 Å². The Bertz CT molecular complexity index is 404. The van der Waals surface area contributed by atoms with Gasteiger partial charge >= 0.3 is 5.97 Å². The van der Waals surface area contributed by atoms with Crippen LogP contribution in [0.25, 0.3) is 0 Å². The third-order valence-electron chi connectivity index (χ3n) is 2.25. The average Bonchev–Trinajstić information content (AvgIpc) is 2.20. The lowest BCUT2D eigenvalue weighted by molar-refractivity contribution is -0.154. The zero-order valence-electron chi connectivity index (χ0n) is 9.23. The van der Waals surface area contributed by atoms with E-state index in [1.165, 1.54) is 18.7 Å². The van der Waals surface area contributed by atoms with Crippen LogP contribution in [-0.4, -0.2) is 27.5 Å². The van der Waals surface area contributed by atoms with Crippen LogP contribution in [0.2, 0.25) is 0 Å². The van der Waals surface area contributed by atoms with E-state index in [1.54, 1.807) is 0 Å². The largest absolute Gasteiger partial charge is 0.479 e. The van der Waals surface area contributed by atoms with Gasteiger partial charge in [-0.15, -0.1) is 11.8 Å². The highest BCUT2D eigenvalue weighted by molar-refractivity contribution is 7.99. The Labute approximate surface area is 98.5 Å². The summed E-state index contributed by atoms with van der Waals surface area (Å²) in [7, 11) is 0. The van der Waals surface area contributed by atoms with Gasteiger partial charge in [-0.3, -0.25) is 0 Å². The molecule has 1 unspecified atom stereocenters. The number of carboxylic acids is 1. The lowest BCUT2D eigenvalue weighted by Crippen LogP contribution is -2.37. The highest BCUT2D eigenvalue weighted by Gasteiger charge is 2.30. The molecule has 0 saturated carbocycles. The Balaban J connectivity index is 2.76. The summed E-state index contributed by atoms with van der Waals surface area (Å²) in [5.41, 5.74) is 5.68. The molecule has 0 aromatic heterocycles. The fourth-order valence-corrected chi connectivity index (χ4v) is 2.11. The predicted octanol–water partition coefficient (Wildman–Crippen LogP) is 1.50. The van der Waals surface area contributed by atoms with Crippen LogP contribution in [0.15, 0.2) is 23.1 Å². The van der Waals surface area contributed by atoms with Gasteiger partial charge in [0, 0.05) is 16.3 Å². The number of aliphatic hydroxyl groups is 1. The molecule has 0 radical (unpaired) electrons. The summed E-state index contributed by atoms with van der Waals surface area (Å²) in [6.45, 7) is 3.16. The molecule has 0 bridgehead atoms. The molecule has 4 N–H and O–H groups in total. The Morgan fingerprint density at radius 1 is 1.56 bits per heavy atom. The van der Waals surface area contributed by atoms with Crippen LogP contribution in [0.4, 0.5) is 5.69 Å². The summed E-state index contributed by atoms with van der Waals surface area (Å²) < 4.78 is 0. The molecule has 1 aromatic rings. The first-order valence-corrected chi connectivity index (χ1v) is 5.77. The van der Waals surface area contributed by atoms with Crippen LogP contribution < -0.4 is 5.73 Å². The molecule has 88 valence electrons. The second-order valence-corrected chi connectivity index (χ2v) is 4.87. The average molecular weight is 241 g/mol. The molecule has 0 aliphatic carbocycles. The maximum atomic E-state index is 10.7. The molecule has 1 atom stereocenters. The fourth-order valence-electron chi connectivity index (χ4n) is 1.06. The number of para-hydroxylation sites is 1. The van der Waals surface area contributed by atoms with Gasteiger partial charge in [-0.2, -0.15) is 0 Å². The molecule has 5 heteroatoms. The Kier molecular flexibility index (Phi) is 3.83. The molecule has 0 spiro atoms. The van der Waals surface area contributed by atoms with E-state index < -0.39 is 11.6 Å². The number of carboxylic acid groups (broad SMARTS) is 1. The SMILES string of the molecule is Cc1cccc(SCC(C)(O)C(=O)O)c1N. The summed E-state index contributed by atoms with van der Waals surface area (Å²) in [6, 6.07) is 5.54. The smallest absolute Gasteiger partial charge is 0.336 e. The van der Waals surface area contributed by atoms with Crippen LogP contribution in [0.3, 0.4) is 0 Å². The monoisotopic (exact) mass is 241 g/mol. The minimum atomic E-state index is -1.74. The number of rotatable bonds is 4. The molecule has 0 saturated heterocycles. The molecule has 0 aliphatic heterocycles. The molecule has 1 rings (SSSR count). The number of hydrogen-bond donors (Lipinski definition) is 3. The zero-order valence-corrected chi connectivity index (χ0v) is 10.0. The number of nitrogen functional groups attached to an aromatic ring is 1.